The Labute approximate surface area is 124 Å². The van der Waals surface area contributed by atoms with Gasteiger partial charge >= 0.3 is 0 Å². The van der Waals surface area contributed by atoms with Crippen LogP contribution in [0.2, 0.25) is 0 Å². The number of hydrogen-bond donors (Lipinski definition) is 3. The topological polar surface area (TPSA) is 111 Å². The van der Waals surface area contributed by atoms with Crippen LogP contribution in [0.15, 0.2) is 24.3 Å². The van der Waals surface area contributed by atoms with Gasteiger partial charge in [-0.15, -0.1) is 0 Å². The fraction of sp³-hybridized carbons (Fsp3) is 0.462. The molecule has 1 aromatic carbocycles. The first-order chi connectivity index (χ1) is 9.92. The van der Waals surface area contributed by atoms with E-state index in [1.807, 2.05) is 0 Å². The molecule has 118 valence electrons. The minimum absolute atomic E-state index is 0.00244. The van der Waals surface area contributed by atoms with E-state index < -0.39 is 15.3 Å². The molecule has 0 heterocycles. The van der Waals surface area contributed by atoms with Crippen LogP contribution >= 0.6 is 0 Å². The normalized spacial score (nSPS) is 12.7. The summed E-state index contributed by atoms with van der Waals surface area (Å²) in [5.41, 5.74) is 5.86. The molecule has 7 nitrogen and oxygen atoms in total. The molecule has 0 aliphatic carbocycles. The highest BCUT2D eigenvalue weighted by atomic mass is 32.2. The molecule has 0 fully saturated rings. The monoisotopic (exact) mass is 315 g/mol. The SMILES string of the molecule is COCCNC(=O)c1ccccc1NS(=O)(=O)C(C)CN. The molecule has 0 saturated carbocycles. The molecule has 1 aromatic rings. The Balaban J connectivity index is 2.92. The third-order valence-corrected chi connectivity index (χ3v) is 4.63. The third kappa shape index (κ3) is 5.00. The maximum Gasteiger partial charge on any atom is 0.253 e. The van der Waals surface area contributed by atoms with Crippen molar-refractivity contribution in [3.8, 4) is 0 Å². The van der Waals surface area contributed by atoms with Crippen LogP contribution in [0.3, 0.4) is 0 Å². The number of hydrogen-bond acceptors (Lipinski definition) is 5. The van der Waals surface area contributed by atoms with Gasteiger partial charge in [0, 0.05) is 20.2 Å². The number of para-hydroxylation sites is 1. The van der Waals surface area contributed by atoms with E-state index in [0.717, 1.165) is 0 Å². The smallest absolute Gasteiger partial charge is 0.253 e. The van der Waals surface area contributed by atoms with Crippen molar-refractivity contribution < 1.29 is 17.9 Å². The van der Waals surface area contributed by atoms with Crippen LogP contribution in [0, 0.1) is 0 Å². The van der Waals surface area contributed by atoms with Gasteiger partial charge in [-0.25, -0.2) is 8.42 Å². The summed E-state index contributed by atoms with van der Waals surface area (Å²) in [5, 5.41) is 1.90. The zero-order chi connectivity index (χ0) is 15.9. The van der Waals surface area contributed by atoms with E-state index in [9.17, 15) is 13.2 Å². The van der Waals surface area contributed by atoms with Gasteiger partial charge in [0.2, 0.25) is 10.0 Å². The van der Waals surface area contributed by atoms with Crippen LogP contribution in [-0.4, -0.2) is 46.4 Å². The number of methoxy groups -OCH3 is 1. The Hall–Kier alpha value is -1.64. The van der Waals surface area contributed by atoms with Gasteiger partial charge in [0.25, 0.3) is 5.91 Å². The van der Waals surface area contributed by atoms with Crippen LogP contribution < -0.4 is 15.8 Å². The molecule has 0 radical (unpaired) electrons. The second-order valence-electron chi connectivity index (χ2n) is 4.49. The summed E-state index contributed by atoms with van der Waals surface area (Å²) >= 11 is 0. The van der Waals surface area contributed by atoms with Crippen molar-refractivity contribution in [2.45, 2.75) is 12.2 Å². The van der Waals surface area contributed by atoms with Crippen molar-refractivity contribution in [1.29, 1.82) is 0 Å². The number of sulfonamides is 1. The van der Waals surface area contributed by atoms with Gasteiger partial charge in [0.05, 0.1) is 23.1 Å². The van der Waals surface area contributed by atoms with E-state index in [-0.39, 0.29) is 23.7 Å². The summed E-state index contributed by atoms with van der Waals surface area (Å²) in [6, 6.07) is 6.39. The second-order valence-corrected chi connectivity index (χ2v) is 6.59. The van der Waals surface area contributed by atoms with Gasteiger partial charge in [0.1, 0.15) is 0 Å². The molecular weight excluding hydrogens is 294 g/mol. The van der Waals surface area contributed by atoms with Crippen molar-refractivity contribution in [1.82, 2.24) is 5.32 Å². The number of rotatable bonds is 8. The number of anilines is 1. The number of nitrogens with two attached hydrogens (primary N) is 1. The van der Waals surface area contributed by atoms with E-state index in [4.69, 9.17) is 10.5 Å². The van der Waals surface area contributed by atoms with E-state index in [1.165, 1.54) is 20.1 Å². The number of benzene rings is 1. The summed E-state index contributed by atoms with van der Waals surface area (Å²) in [6.45, 7) is 2.22. The molecule has 0 saturated heterocycles. The van der Waals surface area contributed by atoms with Gasteiger partial charge in [0.15, 0.2) is 0 Å². The van der Waals surface area contributed by atoms with Gasteiger partial charge in [-0.2, -0.15) is 0 Å². The fourth-order valence-corrected chi connectivity index (χ4v) is 2.45. The Bertz CT molecular complexity index is 575. The van der Waals surface area contributed by atoms with Crippen LogP contribution in [0.25, 0.3) is 0 Å². The fourth-order valence-electron chi connectivity index (χ4n) is 1.51. The predicted octanol–water partition coefficient (Wildman–Crippen LogP) is 0.152. The Morgan fingerprint density at radius 1 is 1.38 bits per heavy atom. The Morgan fingerprint density at radius 3 is 2.67 bits per heavy atom. The van der Waals surface area contributed by atoms with Crippen LogP contribution in [0.1, 0.15) is 17.3 Å². The second kappa shape index (κ2) is 7.96. The molecule has 8 heteroatoms. The quantitative estimate of drug-likeness (QED) is 0.592. The first-order valence-electron chi connectivity index (χ1n) is 6.50. The molecule has 1 rings (SSSR count). The molecular formula is C13H21N3O4S. The minimum atomic E-state index is -3.62. The first kappa shape index (κ1) is 17.4. The summed E-state index contributed by atoms with van der Waals surface area (Å²) in [7, 11) is -2.09. The number of carbonyl (C=O) groups is 1. The maximum absolute atomic E-state index is 12.0. The van der Waals surface area contributed by atoms with E-state index in [0.29, 0.717) is 13.2 Å². The Kier molecular flexibility index (Phi) is 6.60. The predicted molar refractivity (Wildman–Crippen MR) is 81.7 cm³/mol. The largest absolute Gasteiger partial charge is 0.383 e. The molecule has 0 bridgehead atoms. The molecule has 0 aromatic heterocycles. The van der Waals surface area contributed by atoms with Crippen LogP contribution in [0.4, 0.5) is 5.69 Å². The molecule has 21 heavy (non-hydrogen) atoms. The van der Waals surface area contributed by atoms with Crippen molar-refractivity contribution in [3.63, 3.8) is 0 Å². The van der Waals surface area contributed by atoms with Crippen LogP contribution in [0.5, 0.6) is 0 Å². The third-order valence-electron chi connectivity index (χ3n) is 2.88. The maximum atomic E-state index is 12.0. The highest BCUT2D eigenvalue weighted by molar-refractivity contribution is 7.93. The highest BCUT2D eigenvalue weighted by Gasteiger charge is 2.21. The summed E-state index contributed by atoms with van der Waals surface area (Å²) < 4.78 is 31.3. The molecule has 0 aliphatic heterocycles. The van der Waals surface area contributed by atoms with Crippen molar-refractivity contribution in [2.24, 2.45) is 5.73 Å². The number of amides is 1. The zero-order valence-electron chi connectivity index (χ0n) is 12.1. The van der Waals surface area contributed by atoms with Gasteiger partial charge in [-0.1, -0.05) is 12.1 Å². The lowest BCUT2D eigenvalue weighted by molar-refractivity contribution is 0.0938. The van der Waals surface area contributed by atoms with E-state index in [1.54, 1.807) is 18.2 Å². The summed E-state index contributed by atoms with van der Waals surface area (Å²) in [6.07, 6.45) is 0. The highest BCUT2D eigenvalue weighted by Crippen LogP contribution is 2.17. The molecule has 0 aliphatic rings. The Morgan fingerprint density at radius 2 is 2.05 bits per heavy atom. The summed E-state index contributed by atoms with van der Waals surface area (Å²) in [4.78, 5) is 12.0. The molecule has 1 amide bonds. The lowest BCUT2D eigenvalue weighted by Crippen LogP contribution is -2.33. The van der Waals surface area contributed by atoms with Crippen molar-refractivity contribution >= 4 is 21.6 Å². The average molecular weight is 315 g/mol. The minimum Gasteiger partial charge on any atom is -0.383 e. The molecule has 0 spiro atoms. The van der Waals surface area contributed by atoms with Gasteiger partial charge in [-0.3, -0.25) is 9.52 Å². The number of nitrogens with one attached hydrogen (secondary N) is 2. The van der Waals surface area contributed by atoms with Crippen LogP contribution in [-0.2, 0) is 14.8 Å². The van der Waals surface area contributed by atoms with Gasteiger partial charge < -0.3 is 15.8 Å². The molecule has 1 atom stereocenters. The molecule has 1 unspecified atom stereocenters. The lowest BCUT2D eigenvalue weighted by atomic mass is 10.2. The first-order valence-corrected chi connectivity index (χ1v) is 8.05. The number of ether oxygens (including phenoxy) is 1. The van der Waals surface area contributed by atoms with Crippen molar-refractivity contribution in [3.05, 3.63) is 29.8 Å². The summed E-state index contributed by atoms with van der Waals surface area (Å²) in [5.74, 6) is -0.370. The van der Waals surface area contributed by atoms with E-state index in [2.05, 4.69) is 10.0 Å². The standard InChI is InChI=1S/C13H21N3O4S/c1-10(9-14)21(18,19)16-12-6-4-3-5-11(12)13(17)15-7-8-20-2/h3-6,10,16H,7-9,14H2,1-2H3,(H,15,17). The zero-order valence-corrected chi connectivity index (χ0v) is 12.9. The van der Waals surface area contributed by atoms with Gasteiger partial charge in [-0.05, 0) is 19.1 Å². The van der Waals surface area contributed by atoms with Crippen molar-refractivity contribution in [2.75, 3.05) is 31.5 Å². The number of carbonyl (C=O) groups excluding carboxylic acids is 1. The average Bonchev–Trinajstić information content (AvgIpc) is 2.46. The van der Waals surface area contributed by atoms with E-state index >= 15 is 0 Å². The molecule has 4 N–H and O–H groups in total. The lowest BCUT2D eigenvalue weighted by Gasteiger charge is -2.15.